The lowest BCUT2D eigenvalue weighted by Crippen LogP contribution is -2.46. The van der Waals surface area contributed by atoms with Crippen molar-refractivity contribution in [3.8, 4) is 5.75 Å². The lowest BCUT2D eigenvalue weighted by atomic mass is 9.95. The highest BCUT2D eigenvalue weighted by atomic mass is 35.5. The lowest BCUT2D eigenvalue weighted by Gasteiger charge is -2.28. The predicted octanol–water partition coefficient (Wildman–Crippen LogP) is 3.46. The molecule has 0 aliphatic heterocycles. The third kappa shape index (κ3) is 7.51. The molecule has 1 atom stereocenters. The molecule has 0 aliphatic carbocycles. The summed E-state index contributed by atoms with van der Waals surface area (Å²) in [5.41, 5.74) is 1.21. The monoisotopic (exact) mass is 335 g/mol. The van der Waals surface area contributed by atoms with Crippen LogP contribution in [-0.4, -0.2) is 29.9 Å². The maximum absolute atomic E-state index is 10.1. The highest BCUT2D eigenvalue weighted by Crippen LogP contribution is 2.13. The maximum atomic E-state index is 10.1. The molecule has 0 saturated heterocycles. The molecule has 2 N–H and O–H groups in total. The minimum atomic E-state index is -0.532. The molecule has 0 spiro atoms. The summed E-state index contributed by atoms with van der Waals surface area (Å²) in [6, 6.07) is 19.9. The molecule has 0 aliphatic rings. The maximum Gasteiger partial charge on any atom is 0.119 e. The Morgan fingerprint density at radius 2 is 1.57 bits per heavy atom. The van der Waals surface area contributed by atoms with Crippen LogP contribution in [0.5, 0.6) is 5.75 Å². The molecule has 4 heteroatoms. The first-order valence-electron chi connectivity index (χ1n) is 7.70. The van der Waals surface area contributed by atoms with E-state index in [2.05, 4.69) is 31.3 Å². The molecule has 0 bridgehead atoms. The molecule has 0 amide bonds. The predicted molar refractivity (Wildman–Crippen MR) is 97.4 cm³/mol. The first kappa shape index (κ1) is 19.5. The SMILES string of the molecule is CC(C)(Cc1ccccc1)NCC(O)COc1ccccc1.Cl. The van der Waals surface area contributed by atoms with Gasteiger partial charge < -0.3 is 15.2 Å². The first-order valence-corrected chi connectivity index (χ1v) is 7.70. The van der Waals surface area contributed by atoms with E-state index in [0.29, 0.717) is 13.2 Å². The molecule has 0 saturated carbocycles. The molecule has 2 aromatic carbocycles. The number of hydrogen-bond donors (Lipinski definition) is 2. The van der Waals surface area contributed by atoms with Crippen LogP contribution in [0.2, 0.25) is 0 Å². The summed E-state index contributed by atoms with van der Waals surface area (Å²) in [6.07, 6.45) is 0.385. The van der Waals surface area contributed by atoms with E-state index in [1.165, 1.54) is 5.56 Å². The van der Waals surface area contributed by atoms with E-state index in [1.54, 1.807) is 0 Å². The third-order valence-electron chi connectivity index (χ3n) is 3.49. The van der Waals surface area contributed by atoms with Gasteiger partial charge in [-0.3, -0.25) is 0 Å². The van der Waals surface area contributed by atoms with Crippen molar-refractivity contribution in [3.05, 3.63) is 66.2 Å². The Morgan fingerprint density at radius 1 is 1.00 bits per heavy atom. The van der Waals surface area contributed by atoms with E-state index in [0.717, 1.165) is 12.2 Å². The van der Waals surface area contributed by atoms with Gasteiger partial charge in [-0.25, -0.2) is 0 Å². The number of ether oxygens (including phenoxy) is 1. The van der Waals surface area contributed by atoms with Gasteiger partial charge in [0.05, 0.1) is 0 Å². The Morgan fingerprint density at radius 3 is 2.17 bits per heavy atom. The number of para-hydroxylation sites is 1. The van der Waals surface area contributed by atoms with Crippen LogP contribution in [0.25, 0.3) is 0 Å². The Bertz CT molecular complexity index is 546. The van der Waals surface area contributed by atoms with E-state index in [-0.39, 0.29) is 17.9 Å². The Kier molecular flexibility index (Phi) is 8.10. The van der Waals surface area contributed by atoms with Crippen LogP contribution >= 0.6 is 12.4 Å². The van der Waals surface area contributed by atoms with Crippen molar-refractivity contribution in [2.24, 2.45) is 0 Å². The molecular weight excluding hydrogens is 310 g/mol. The normalized spacial score (nSPS) is 12.3. The molecule has 0 heterocycles. The number of aliphatic hydroxyl groups excluding tert-OH is 1. The average molecular weight is 336 g/mol. The fraction of sp³-hybridized carbons (Fsp3) is 0.368. The highest BCUT2D eigenvalue weighted by molar-refractivity contribution is 5.85. The third-order valence-corrected chi connectivity index (χ3v) is 3.49. The summed E-state index contributed by atoms with van der Waals surface area (Å²) in [6.45, 7) is 5.08. The molecule has 0 radical (unpaired) electrons. The van der Waals surface area contributed by atoms with Crippen molar-refractivity contribution in [2.45, 2.75) is 31.9 Å². The van der Waals surface area contributed by atoms with Crippen LogP contribution in [0.1, 0.15) is 19.4 Å². The smallest absolute Gasteiger partial charge is 0.119 e. The van der Waals surface area contributed by atoms with Crippen LogP contribution in [-0.2, 0) is 6.42 Å². The zero-order valence-electron chi connectivity index (χ0n) is 13.7. The van der Waals surface area contributed by atoms with Crippen LogP contribution in [0.3, 0.4) is 0 Å². The molecule has 3 nitrogen and oxygen atoms in total. The van der Waals surface area contributed by atoms with E-state index in [1.807, 2.05) is 48.5 Å². The van der Waals surface area contributed by atoms with Crippen molar-refractivity contribution < 1.29 is 9.84 Å². The van der Waals surface area contributed by atoms with Crippen molar-refractivity contribution in [1.29, 1.82) is 0 Å². The molecule has 0 fully saturated rings. The second-order valence-corrected chi connectivity index (χ2v) is 6.21. The molecule has 2 aromatic rings. The van der Waals surface area contributed by atoms with Gasteiger partial charge in [0.25, 0.3) is 0 Å². The summed E-state index contributed by atoms with van der Waals surface area (Å²) in [4.78, 5) is 0. The van der Waals surface area contributed by atoms with Gasteiger partial charge in [-0.05, 0) is 38.0 Å². The summed E-state index contributed by atoms with van der Waals surface area (Å²) in [7, 11) is 0. The summed E-state index contributed by atoms with van der Waals surface area (Å²) in [5, 5.41) is 13.5. The quantitative estimate of drug-likeness (QED) is 0.776. The molecule has 0 aromatic heterocycles. The topological polar surface area (TPSA) is 41.5 Å². The van der Waals surface area contributed by atoms with Gasteiger partial charge in [0, 0.05) is 12.1 Å². The zero-order valence-corrected chi connectivity index (χ0v) is 14.6. The largest absolute Gasteiger partial charge is 0.491 e. The van der Waals surface area contributed by atoms with E-state index in [4.69, 9.17) is 4.74 Å². The first-order chi connectivity index (χ1) is 10.6. The second-order valence-electron chi connectivity index (χ2n) is 6.21. The number of hydrogen-bond acceptors (Lipinski definition) is 3. The van der Waals surface area contributed by atoms with Crippen molar-refractivity contribution in [3.63, 3.8) is 0 Å². The van der Waals surface area contributed by atoms with Gasteiger partial charge in [-0.1, -0.05) is 48.5 Å². The van der Waals surface area contributed by atoms with Gasteiger partial charge in [0.1, 0.15) is 18.5 Å². The molecule has 1 unspecified atom stereocenters. The Balaban J connectivity index is 0.00000264. The van der Waals surface area contributed by atoms with Crippen molar-refractivity contribution in [2.75, 3.05) is 13.2 Å². The fourth-order valence-electron chi connectivity index (χ4n) is 2.33. The van der Waals surface area contributed by atoms with Crippen LogP contribution in [0.15, 0.2) is 60.7 Å². The summed E-state index contributed by atoms with van der Waals surface area (Å²) < 4.78 is 5.56. The van der Waals surface area contributed by atoms with Gasteiger partial charge in [0.15, 0.2) is 0 Å². The molecule has 126 valence electrons. The summed E-state index contributed by atoms with van der Waals surface area (Å²) in [5.74, 6) is 0.782. The van der Waals surface area contributed by atoms with E-state index in [9.17, 15) is 5.11 Å². The highest BCUT2D eigenvalue weighted by Gasteiger charge is 2.19. The number of aliphatic hydroxyl groups is 1. The van der Waals surface area contributed by atoms with Gasteiger partial charge in [-0.2, -0.15) is 0 Å². The van der Waals surface area contributed by atoms with Crippen LogP contribution in [0.4, 0.5) is 0 Å². The van der Waals surface area contributed by atoms with Crippen LogP contribution < -0.4 is 10.1 Å². The van der Waals surface area contributed by atoms with E-state index >= 15 is 0 Å². The second kappa shape index (κ2) is 9.56. The molecular formula is C19H26ClNO2. The minimum Gasteiger partial charge on any atom is -0.491 e. The minimum absolute atomic E-state index is 0. The van der Waals surface area contributed by atoms with Gasteiger partial charge in [-0.15, -0.1) is 12.4 Å². The standard InChI is InChI=1S/C19H25NO2.ClH/c1-19(2,13-16-9-5-3-6-10-16)20-14-17(21)15-22-18-11-7-4-8-12-18;/h3-12,17,20-21H,13-15H2,1-2H3;1H. The lowest BCUT2D eigenvalue weighted by molar-refractivity contribution is 0.0988. The number of rotatable bonds is 8. The van der Waals surface area contributed by atoms with E-state index < -0.39 is 6.10 Å². The number of halogens is 1. The fourth-order valence-corrected chi connectivity index (χ4v) is 2.33. The van der Waals surface area contributed by atoms with Crippen molar-refractivity contribution in [1.82, 2.24) is 5.32 Å². The Labute approximate surface area is 145 Å². The van der Waals surface area contributed by atoms with Gasteiger partial charge >= 0.3 is 0 Å². The van der Waals surface area contributed by atoms with Crippen molar-refractivity contribution >= 4 is 12.4 Å². The average Bonchev–Trinajstić information content (AvgIpc) is 2.53. The van der Waals surface area contributed by atoms with Crippen LogP contribution in [0, 0.1) is 0 Å². The number of β-amino-alcohol motifs (C(OH)–C–C–N with tert-alkyl or cyclic N) is 1. The zero-order chi connectivity index (χ0) is 15.8. The molecule has 23 heavy (non-hydrogen) atoms. The summed E-state index contributed by atoms with van der Waals surface area (Å²) >= 11 is 0. The number of nitrogens with one attached hydrogen (secondary N) is 1. The van der Waals surface area contributed by atoms with Gasteiger partial charge in [0.2, 0.25) is 0 Å². The Hall–Kier alpha value is -1.55. The molecule has 2 rings (SSSR count). The number of benzene rings is 2.